The van der Waals surface area contributed by atoms with E-state index in [0.29, 0.717) is 12.8 Å². The first-order valence-corrected chi connectivity index (χ1v) is 13.7. The average molecular weight is 526 g/mol. The minimum Gasteiger partial charge on any atom is -0.372 e. The number of aryl methyl sites for hydroxylation is 4. The summed E-state index contributed by atoms with van der Waals surface area (Å²) in [5.41, 5.74) is 4.64. The highest BCUT2D eigenvalue weighted by molar-refractivity contribution is 5.89. The molecule has 0 aliphatic carbocycles. The Morgan fingerprint density at radius 1 is 1.08 bits per heavy atom. The second-order valence-electron chi connectivity index (χ2n) is 11.1. The van der Waals surface area contributed by atoms with E-state index < -0.39 is 12.1 Å². The number of carbonyl (C=O) groups excluding carboxylic acids is 2. The van der Waals surface area contributed by atoms with Crippen LogP contribution in [0.4, 0.5) is 4.39 Å². The predicted octanol–water partition coefficient (Wildman–Crippen LogP) is 7.49. The molecule has 2 aromatic rings. The van der Waals surface area contributed by atoms with E-state index in [1.54, 1.807) is 19.2 Å². The summed E-state index contributed by atoms with van der Waals surface area (Å²) in [4.78, 5) is 24.6. The molecule has 0 heterocycles. The quantitative estimate of drug-likeness (QED) is 0.231. The summed E-state index contributed by atoms with van der Waals surface area (Å²) >= 11 is 0. The monoisotopic (exact) mass is 525 g/mol. The van der Waals surface area contributed by atoms with E-state index >= 15 is 0 Å². The van der Waals surface area contributed by atoms with Gasteiger partial charge in [-0.15, -0.1) is 0 Å². The van der Waals surface area contributed by atoms with E-state index in [-0.39, 0.29) is 22.9 Å². The molecule has 38 heavy (non-hydrogen) atoms. The van der Waals surface area contributed by atoms with E-state index in [1.165, 1.54) is 18.1 Å². The Morgan fingerprint density at radius 2 is 1.76 bits per heavy atom. The normalized spacial score (nSPS) is 13.0. The molecule has 0 radical (unpaired) electrons. The van der Waals surface area contributed by atoms with Gasteiger partial charge in [-0.05, 0) is 99.1 Å². The molecule has 0 aromatic heterocycles. The zero-order valence-electron chi connectivity index (χ0n) is 24.7. The van der Waals surface area contributed by atoms with Crippen molar-refractivity contribution in [1.29, 1.82) is 0 Å². The molecule has 0 aliphatic heterocycles. The topological polar surface area (TPSA) is 55.4 Å². The van der Waals surface area contributed by atoms with Gasteiger partial charge in [-0.3, -0.25) is 9.59 Å². The summed E-state index contributed by atoms with van der Waals surface area (Å²) < 4.78 is 18.0. The largest absolute Gasteiger partial charge is 0.372 e. The number of allylic oxidation sites excluding steroid dienone is 2. The van der Waals surface area contributed by atoms with E-state index in [2.05, 4.69) is 57.3 Å². The van der Waals surface area contributed by atoms with Gasteiger partial charge in [0, 0.05) is 7.11 Å². The van der Waals surface area contributed by atoms with Gasteiger partial charge in [0.2, 0.25) is 5.91 Å². The van der Waals surface area contributed by atoms with Crippen molar-refractivity contribution in [1.82, 2.24) is 5.32 Å². The number of carbonyl (C=O) groups is 2. The molecule has 2 rings (SSSR count). The lowest BCUT2D eigenvalue weighted by atomic mass is 9.95. The van der Waals surface area contributed by atoms with Crippen molar-refractivity contribution >= 4 is 11.7 Å². The molecule has 0 fully saturated rings. The summed E-state index contributed by atoms with van der Waals surface area (Å²) in [7, 11) is 1.55. The number of benzene rings is 2. The Kier molecular flexibility index (Phi) is 14.8. The second-order valence-corrected chi connectivity index (χ2v) is 11.1. The summed E-state index contributed by atoms with van der Waals surface area (Å²) in [5, 5.41) is 2.89. The Labute approximate surface area is 230 Å². The molecule has 5 heteroatoms. The number of amides is 1. The van der Waals surface area contributed by atoms with Crippen LogP contribution in [0.15, 0.2) is 54.6 Å². The van der Waals surface area contributed by atoms with Crippen LogP contribution in [-0.4, -0.2) is 30.9 Å². The number of methoxy groups -OCH3 is 1. The van der Waals surface area contributed by atoms with Crippen molar-refractivity contribution < 1.29 is 18.7 Å². The van der Waals surface area contributed by atoms with E-state index in [1.807, 2.05) is 32.0 Å². The number of unbranched alkanes of at least 4 members (excludes halogenated alkanes) is 1. The molecule has 2 aromatic carbocycles. The zero-order valence-corrected chi connectivity index (χ0v) is 24.7. The zero-order chi connectivity index (χ0) is 28.7. The first-order chi connectivity index (χ1) is 17.9. The number of hydrogen-bond donors (Lipinski definition) is 1. The van der Waals surface area contributed by atoms with Crippen molar-refractivity contribution in [3.05, 3.63) is 82.7 Å². The minimum absolute atomic E-state index is 0.0232. The average Bonchev–Trinajstić information content (AvgIpc) is 2.83. The standard InChI is InChI=1S/C24H37NO3.C9H11F/c1-18-12-9-10-13-20(18)15-16-21(19(2)26)25-23(27)22(28-6)14-8-7-11-17-24(3,4)5;1-3-8-4-7(2)5-9(10)6-8/h9-13,17,21-22H,7-8,14-16H2,1-6H3,(H,25,27);4-6H,3H2,1-2H3/b17-11+;. The van der Waals surface area contributed by atoms with Crippen LogP contribution in [0.5, 0.6) is 0 Å². The fraction of sp³-hybridized carbons (Fsp3) is 0.515. The van der Waals surface area contributed by atoms with Gasteiger partial charge in [-0.2, -0.15) is 0 Å². The smallest absolute Gasteiger partial charge is 0.249 e. The highest BCUT2D eigenvalue weighted by Gasteiger charge is 2.23. The molecule has 210 valence electrons. The fourth-order valence-electron chi connectivity index (χ4n) is 4.06. The third-order valence-corrected chi connectivity index (χ3v) is 6.31. The molecule has 0 saturated heterocycles. The molecule has 0 spiro atoms. The molecule has 2 atom stereocenters. The highest BCUT2D eigenvalue weighted by atomic mass is 19.1. The Morgan fingerprint density at radius 3 is 2.32 bits per heavy atom. The summed E-state index contributed by atoms with van der Waals surface area (Å²) in [5.74, 6) is -0.353. The molecule has 1 amide bonds. The maximum Gasteiger partial charge on any atom is 0.249 e. The number of ketones is 1. The molecule has 0 bridgehead atoms. The second kappa shape index (κ2) is 16.9. The van der Waals surface area contributed by atoms with Crippen LogP contribution in [0.3, 0.4) is 0 Å². The molecular formula is C33H48FNO3. The minimum atomic E-state index is -0.525. The third kappa shape index (κ3) is 13.7. The number of halogens is 1. The van der Waals surface area contributed by atoms with Crippen LogP contribution < -0.4 is 5.32 Å². The molecule has 2 unspecified atom stereocenters. The summed E-state index contributed by atoms with van der Waals surface area (Å²) in [6.07, 6.45) is 8.49. The number of hydrogen-bond acceptors (Lipinski definition) is 3. The van der Waals surface area contributed by atoms with Gasteiger partial charge in [-0.1, -0.05) is 70.2 Å². The van der Waals surface area contributed by atoms with Gasteiger partial charge >= 0.3 is 0 Å². The number of ether oxygens (including phenoxy) is 1. The lowest BCUT2D eigenvalue weighted by molar-refractivity contribution is -0.134. The maximum atomic E-state index is 12.6. The van der Waals surface area contributed by atoms with Crippen molar-refractivity contribution in [2.75, 3.05) is 7.11 Å². The lowest BCUT2D eigenvalue weighted by Gasteiger charge is -2.21. The van der Waals surface area contributed by atoms with Gasteiger partial charge in [0.05, 0.1) is 6.04 Å². The van der Waals surface area contributed by atoms with E-state index in [0.717, 1.165) is 36.8 Å². The van der Waals surface area contributed by atoms with Crippen LogP contribution in [0, 0.1) is 25.1 Å². The van der Waals surface area contributed by atoms with Crippen LogP contribution in [0.2, 0.25) is 0 Å². The molecule has 0 saturated carbocycles. The van der Waals surface area contributed by atoms with E-state index in [4.69, 9.17) is 4.74 Å². The highest BCUT2D eigenvalue weighted by Crippen LogP contribution is 2.16. The summed E-state index contributed by atoms with van der Waals surface area (Å²) in [6, 6.07) is 12.8. The van der Waals surface area contributed by atoms with Crippen molar-refractivity contribution in [2.24, 2.45) is 5.41 Å². The number of rotatable bonds is 12. The van der Waals surface area contributed by atoms with Crippen LogP contribution in [-0.2, 0) is 27.2 Å². The molecule has 0 aliphatic rings. The molecule has 4 nitrogen and oxygen atoms in total. The van der Waals surface area contributed by atoms with Gasteiger partial charge in [-0.25, -0.2) is 4.39 Å². The van der Waals surface area contributed by atoms with Crippen molar-refractivity contribution in [2.45, 2.75) is 99.1 Å². The molecular weight excluding hydrogens is 477 g/mol. The lowest BCUT2D eigenvalue weighted by Crippen LogP contribution is -2.45. The van der Waals surface area contributed by atoms with Crippen LogP contribution in [0.1, 0.15) is 82.6 Å². The Hall–Kier alpha value is -2.79. The van der Waals surface area contributed by atoms with E-state index in [9.17, 15) is 14.0 Å². The van der Waals surface area contributed by atoms with Gasteiger partial charge in [0.25, 0.3) is 0 Å². The first-order valence-electron chi connectivity index (χ1n) is 13.7. The maximum absolute atomic E-state index is 12.6. The van der Waals surface area contributed by atoms with Gasteiger partial charge in [0.1, 0.15) is 11.9 Å². The Bertz CT molecular complexity index is 1020. The predicted molar refractivity (Wildman–Crippen MR) is 156 cm³/mol. The Balaban J connectivity index is 0.000000600. The van der Waals surface area contributed by atoms with Crippen molar-refractivity contribution in [3.63, 3.8) is 0 Å². The van der Waals surface area contributed by atoms with Crippen LogP contribution >= 0.6 is 0 Å². The van der Waals surface area contributed by atoms with Crippen molar-refractivity contribution in [3.8, 4) is 0 Å². The number of nitrogens with one attached hydrogen (secondary N) is 1. The molecule has 1 N–H and O–H groups in total. The summed E-state index contributed by atoms with van der Waals surface area (Å²) in [6.45, 7) is 14.0. The van der Waals surface area contributed by atoms with Gasteiger partial charge < -0.3 is 10.1 Å². The third-order valence-electron chi connectivity index (χ3n) is 6.31. The van der Waals surface area contributed by atoms with Gasteiger partial charge in [0.15, 0.2) is 5.78 Å². The SMILES string of the molecule is CCc1cc(C)cc(F)c1.COC(CCC/C=C/C(C)(C)C)C(=O)NC(CCc1ccccc1C)C(C)=O. The first kappa shape index (κ1) is 33.2. The van der Waals surface area contributed by atoms with Crippen LogP contribution in [0.25, 0.3) is 0 Å². The number of Topliss-reactive ketones (excluding diaryl/α,β-unsaturated/α-hetero) is 1. The fourth-order valence-corrected chi connectivity index (χ4v) is 4.06.